The summed E-state index contributed by atoms with van der Waals surface area (Å²) in [6.07, 6.45) is -0.415. The van der Waals surface area contributed by atoms with Crippen LogP contribution < -0.4 is 5.32 Å². The van der Waals surface area contributed by atoms with Gasteiger partial charge in [0.25, 0.3) is 5.91 Å². The average Bonchev–Trinajstić information content (AvgIpc) is 3.05. The minimum atomic E-state index is -0.718. The summed E-state index contributed by atoms with van der Waals surface area (Å²) in [5, 5.41) is 7.40. The molecule has 0 aromatic heterocycles. The van der Waals surface area contributed by atoms with Crippen LogP contribution in [-0.4, -0.2) is 17.7 Å². The smallest absolute Gasteiger partial charge is 0.264 e. The number of carbonyl (C=O) groups excluding carboxylic acids is 1. The Labute approximate surface area is 144 Å². The van der Waals surface area contributed by atoms with E-state index in [0.29, 0.717) is 22.7 Å². The molecule has 6 heteroatoms. The molecule has 3 rings (SSSR count). The molecule has 2 unspecified atom stereocenters. The van der Waals surface area contributed by atoms with Gasteiger partial charge in [0.2, 0.25) is 6.10 Å². The number of halogens is 2. The molecule has 0 fully saturated rings. The Bertz CT molecular complexity index is 794. The number of hydrogen-bond donors (Lipinski definition) is 1. The highest BCUT2D eigenvalue weighted by Crippen LogP contribution is 2.20. The first-order valence-electron chi connectivity index (χ1n) is 7.57. The van der Waals surface area contributed by atoms with Gasteiger partial charge in [-0.05, 0) is 36.8 Å². The number of nitrogens with zero attached hydrogens (tertiary/aromatic N) is 1. The van der Waals surface area contributed by atoms with Gasteiger partial charge in [-0.1, -0.05) is 41.0 Å². The molecule has 0 spiro atoms. The number of amides is 1. The SMILES string of the molecule is CC(NC(=O)C1CC(c2cccc(F)c2)=NO1)c1cccc(Cl)c1. The van der Waals surface area contributed by atoms with Gasteiger partial charge in [0.05, 0.1) is 11.8 Å². The molecule has 0 saturated carbocycles. The van der Waals surface area contributed by atoms with E-state index in [0.717, 1.165) is 5.56 Å². The molecule has 0 bridgehead atoms. The molecule has 0 aliphatic carbocycles. The van der Waals surface area contributed by atoms with Gasteiger partial charge >= 0.3 is 0 Å². The van der Waals surface area contributed by atoms with Crippen LogP contribution in [0.15, 0.2) is 53.7 Å². The number of hydrogen-bond acceptors (Lipinski definition) is 3. The number of nitrogens with one attached hydrogen (secondary N) is 1. The Morgan fingerprint density at radius 1 is 1.33 bits per heavy atom. The summed E-state index contributed by atoms with van der Waals surface area (Å²) < 4.78 is 13.3. The number of benzene rings is 2. The Morgan fingerprint density at radius 2 is 2.12 bits per heavy atom. The lowest BCUT2D eigenvalue weighted by atomic mass is 10.0. The Morgan fingerprint density at radius 3 is 2.88 bits per heavy atom. The van der Waals surface area contributed by atoms with E-state index >= 15 is 0 Å². The van der Waals surface area contributed by atoms with Crippen LogP contribution in [0.3, 0.4) is 0 Å². The number of rotatable bonds is 4. The van der Waals surface area contributed by atoms with Crippen molar-refractivity contribution in [3.05, 3.63) is 70.5 Å². The molecule has 1 heterocycles. The van der Waals surface area contributed by atoms with Gasteiger partial charge in [-0.25, -0.2) is 4.39 Å². The minimum absolute atomic E-state index is 0.210. The van der Waals surface area contributed by atoms with Crippen molar-refractivity contribution in [1.82, 2.24) is 5.32 Å². The first kappa shape index (κ1) is 16.5. The molecular formula is C18H16ClFN2O2. The van der Waals surface area contributed by atoms with Crippen molar-refractivity contribution in [1.29, 1.82) is 0 Å². The average molecular weight is 347 g/mol. The molecule has 24 heavy (non-hydrogen) atoms. The van der Waals surface area contributed by atoms with Gasteiger partial charge in [0, 0.05) is 17.0 Å². The second-order valence-electron chi connectivity index (χ2n) is 5.63. The van der Waals surface area contributed by atoms with Crippen molar-refractivity contribution in [2.75, 3.05) is 0 Å². The maximum Gasteiger partial charge on any atom is 0.264 e. The van der Waals surface area contributed by atoms with Crippen LogP contribution in [0.2, 0.25) is 5.02 Å². The Hall–Kier alpha value is -2.40. The summed E-state index contributed by atoms with van der Waals surface area (Å²) in [6, 6.07) is 13.2. The summed E-state index contributed by atoms with van der Waals surface area (Å²) in [7, 11) is 0. The monoisotopic (exact) mass is 346 g/mol. The fourth-order valence-corrected chi connectivity index (χ4v) is 2.72. The van der Waals surface area contributed by atoms with E-state index in [4.69, 9.17) is 16.4 Å². The van der Waals surface area contributed by atoms with Crippen molar-refractivity contribution in [2.45, 2.75) is 25.5 Å². The molecule has 1 aliphatic heterocycles. The van der Waals surface area contributed by atoms with Gasteiger partial charge in [0.1, 0.15) is 5.82 Å². The quantitative estimate of drug-likeness (QED) is 0.914. The lowest BCUT2D eigenvalue weighted by Crippen LogP contribution is -2.36. The van der Waals surface area contributed by atoms with Gasteiger partial charge in [-0.2, -0.15) is 0 Å². The van der Waals surface area contributed by atoms with E-state index in [2.05, 4.69) is 10.5 Å². The third-order valence-corrected chi connectivity index (χ3v) is 4.06. The Kier molecular flexibility index (Phi) is 4.81. The summed E-state index contributed by atoms with van der Waals surface area (Å²) in [5.74, 6) is -0.615. The molecule has 1 amide bonds. The van der Waals surface area contributed by atoms with Crippen molar-refractivity contribution in [3.8, 4) is 0 Å². The standard InChI is InChI=1S/C18H16ClFN2O2/c1-11(12-4-2-6-14(19)8-12)21-18(23)17-10-16(22-24-17)13-5-3-7-15(20)9-13/h2-9,11,17H,10H2,1H3,(H,21,23). The largest absolute Gasteiger partial charge is 0.382 e. The maximum atomic E-state index is 13.3. The van der Waals surface area contributed by atoms with Crippen LogP contribution in [0.5, 0.6) is 0 Å². The van der Waals surface area contributed by atoms with Crippen molar-refractivity contribution < 1.29 is 14.0 Å². The summed E-state index contributed by atoms with van der Waals surface area (Å²) in [6.45, 7) is 1.87. The number of carbonyl (C=O) groups is 1. The highest BCUT2D eigenvalue weighted by Gasteiger charge is 2.29. The fourth-order valence-electron chi connectivity index (χ4n) is 2.52. The van der Waals surface area contributed by atoms with Gasteiger partial charge in [0.15, 0.2) is 0 Å². The van der Waals surface area contributed by atoms with E-state index < -0.39 is 6.10 Å². The van der Waals surface area contributed by atoms with E-state index in [1.54, 1.807) is 24.3 Å². The van der Waals surface area contributed by atoms with Crippen LogP contribution in [0.25, 0.3) is 0 Å². The summed E-state index contributed by atoms with van der Waals surface area (Å²) in [4.78, 5) is 17.6. The van der Waals surface area contributed by atoms with Crippen LogP contribution in [-0.2, 0) is 9.63 Å². The highest BCUT2D eigenvalue weighted by molar-refractivity contribution is 6.30. The van der Waals surface area contributed by atoms with E-state index in [9.17, 15) is 9.18 Å². The lowest BCUT2D eigenvalue weighted by Gasteiger charge is -2.16. The lowest BCUT2D eigenvalue weighted by molar-refractivity contribution is -0.131. The van der Waals surface area contributed by atoms with E-state index in [1.807, 2.05) is 19.1 Å². The zero-order valence-electron chi connectivity index (χ0n) is 13.0. The first-order chi connectivity index (χ1) is 11.5. The van der Waals surface area contributed by atoms with E-state index in [-0.39, 0.29) is 17.8 Å². The molecule has 1 aliphatic rings. The summed E-state index contributed by atoms with van der Waals surface area (Å²) >= 11 is 5.97. The maximum absolute atomic E-state index is 13.3. The first-order valence-corrected chi connectivity index (χ1v) is 7.95. The molecule has 2 aromatic rings. The van der Waals surface area contributed by atoms with Crippen molar-refractivity contribution in [2.24, 2.45) is 5.16 Å². The van der Waals surface area contributed by atoms with E-state index in [1.165, 1.54) is 12.1 Å². The van der Waals surface area contributed by atoms with Gasteiger partial charge in [-0.15, -0.1) is 0 Å². The molecule has 1 N–H and O–H groups in total. The predicted molar refractivity (Wildman–Crippen MR) is 90.4 cm³/mol. The van der Waals surface area contributed by atoms with Crippen LogP contribution >= 0.6 is 11.6 Å². The van der Waals surface area contributed by atoms with Crippen LogP contribution in [0, 0.1) is 5.82 Å². The Balaban J connectivity index is 1.61. The molecular weight excluding hydrogens is 331 g/mol. The van der Waals surface area contributed by atoms with Crippen LogP contribution in [0.4, 0.5) is 4.39 Å². The fraction of sp³-hybridized carbons (Fsp3) is 0.222. The van der Waals surface area contributed by atoms with Crippen LogP contribution in [0.1, 0.15) is 30.5 Å². The van der Waals surface area contributed by atoms with Crippen molar-refractivity contribution >= 4 is 23.2 Å². The highest BCUT2D eigenvalue weighted by atomic mass is 35.5. The zero-order chi connectivity index (χ0) is 17.1. The number of oxime groups is 1. The molecule has 4 nitrogen and oxygen atoms in total. The molecule has 2 atom stereocenters. The second kappa shape index (κ2) is 7.01. The molecule has 0 radical (unpaired) electrons. The second-order valence-corrected chi connectivity index (χ2v) is 6.07. The molecule has 124 valence electrons. The minimum Gasteiger partial charge on any atom is -0.382 e. The topological polar surface area (TPSA) is 50.7 Å². The van der Waals surface area contributed by atoms with Gasteiger partial charge in [-0.3, -0.25) is 4.79 Å². The zero-order valence-corrected chi connectivity index (χ0v) is 13.8. The molecule has 0 saturated heterocycles. The third-order valence-electron chi connectivity index (χ3n) is 3.83. The normalized spacial score (nSPS) is 17.8. The summed E-state index contributed by atoms with van der Waals surface area (Å²) in [5.41, 5.74) is 2.08. The van der Waals surface area contributed by atoms with Crippen molar-refractivity contribution in [3.63, 3.8) is 0 Å². The molecule has 2 aromatic carbocycles. The van der Waals surface area contributed by atoms with Gasteiger partial charge < -0.3 is 10.2 Å². The predicted octanol–water partition coefficient (Wildman–Crippen LogP) is 3.85. The third kappa shape index (κ3) is 3.74.